The van der Waals surface area contributed by atoms with Crippen LogP contribution in [0.4, 0.5) is 0 Å². The van der Waals surface area contributed by atoms with Crippen molar-refractivity contribution in [3.63, 3.8) is 0 Å². The quantitative estimate of drug-likeness (QED) is 0.769. The molecule has 0 aromatic rings. The molecule has 1 fully saturated rings. The van der Waals surface area contributed by atoms with E-state index in [1.807, 2.05) is 0 Å². The first-order valence-electron chi connectivity index (χ1n) is 6.79. The van der Waals surface area contributed by atoms with E-state index < -0.39 is 0 Å². The second-order valence-corrected chi connectivity index (χ2v) is 5.88. The van der Waals surface area contributed by atoms with Gasteiger partial charge in [0.05, 0.1) is 7.11 Å². The molecule has 1 saturated carbocycles. The second kappa shape index (κ2) is 6.39. The van der Waals surface area contributed by atoms with Crippen LogP contribution >= 0.6 is 0 Å². The predicted molar refractivity (Wildman–Crippen MR) is 69.7 cm³/mol. The van der Waals surface area contributed by atoms with Gasteiger partial charge in [0, 0.05) is 6.04 Å². The van der Waals surface area contributed by atoms with E-state index in [2.05, 4.69) is 33.0 Å². The molecule has 0 bridgehead atoms. The fourth-order valence-corrected chi connectivity index (χ4v) is 2.61. The van der Waals surface area contributed by atoms with Crippen molar-refractivity contribution in [1.29, 1.82) is 0 Å². The molecule has 3 unspecified atom stereocenters. The second-order valence-electron chi connectivity index (χ2n) is 5.88. The molecule has 1 aliphatic rings. The summed E-state index contributed by atoms with van der Waals surface area (Å²) in [6.07, 6.45) is 3.60. The standard InChI is InChI=1S/C14H27NO2/c1-9(2)13(14(16)17-5)15-12-7-6-10(3)11(4)8-12/h9-13,15H,6-8H2,1-5H3/t10?,11?,12?,13-/m0/s1. The van der Waals surface area contributed by atoms with Crippen LogP contribution in [0.1, 0.15) is 47.0 Å². The van der Waals surface area contributed by atoms with E-state index in [9.17, 15) is 4.79 Å². The summed E-state index contributed by atoms with van der Waals surface area (Å²) in [5.41, 5.74) is 0. The first-order chi connectivity index (χ1) is 7.95. The van der Waals surface area contributed by atoms with Crippen molar-refractivity contribution in [2.24, 2.45) is 17.8 Å². The molecular weight excluding hydrogens is 214 g/mol. The fourth-order valence-electron chi connectivity index (χ4n) is 2.61. The Balaban J connectivity index is 2.53. The number of methoxy groups -OCH3 is 1. The van der Waals surface area contributed by atoms with Crippen LogP contribution in [0.25, 0.3) is 0 Å². The molecule has 0 aliphatic heterocycles. The number of esters is 1. The Labute approximate surface area is 105 Å². The van der Waals surface area contributed by atoms with Crippen LogP contribution in [0, 0.1) is 17.8 Å². The Morgan fingerprint density at radius 2 is 1.88 bits per heavy atom. The molecule has 0 aromatic carbocycles. The van der Waals surface area contributed by atoms with Crippen LogP contribution in [0.2, 0.25) is 0 Å². The highest BCUT2D eigenvalue weighted by Crippen LogP contribution is 2.29. The summed E-state index contributed by atoms with van der Waals surface area (Å²) in [6, 6.07) is 0.304. The van der Waals surface area contributed by atoms with E-state index >= 15 is 0 Å². The zero-order valence-electron chi connectivity index (χ0n) is 11.8. The van der Waals surface area contributed by atoms with E-state index in [0.29, 0.717) is 6.04 Å². The van der Waals surface area contributed by atoms with Gasteiger partial charge in [-0.15, -0.1) is 0 Å². The summed E-state index contributed by atoms with van der Waals surface area (Å²) < 4.78 is 4.86. The van der Waals surface area contributed by atoms with Gasteiger partial charge in [0.1, 0.15) is 6.04 Å². The SMILES string of the molecule is COC(=O)[C@@H](NC1CCC(C)C(C)C1)C(C)C. The molecule has 1 aliphatic carbocycles. The van der Waals surface area contributed by atoms with Crippen molar-refractivity contribution in [1.82, 2.24) is 5.32 Å². The van der Waals surface area contributed by atoms with Gasteiger partial charge < -0.3 is 10.1 Å². The van der Waals surface area contributed by atoms with Crippen molar-refractivity contribution in [2.45, 2.75) is 59.0 Å². The molecule has 4 atom stereocenters. The van der Waals surface area contributed by atoms with Crippen molar-refractivity contribution in [2.75, 3.05) is 7.11 Å². The minimum absolute atomic E-state index is 0.133. The number of rotatable bonds is 4. The number of carbonyl (C=O) groups is 1. The summed E-state index contributed by atoms with van der Waals surface area (Å²) in [7, 11) is 1.46. The molecule has 0 saturated heterocycles. The Kier molecular flexibility index (Phi) is 5.44. The average molecular weight is 241 g/mol. The van der Waals surface area contributed by atoms with E-state index in [1.165, 1.54) is 26.4 Å². The van der Waals surface area contributed by atoms with Crippen LogP contribution in [0.3, 0.4) is 0 Å². The van der Waals surface area contributed by atoms with E-state index in [0.717, 1.165) is 11.8 Å². The maximum atomic E-state index is 11.7. The average Bonchev–Trinajstić information content (AvgIpc) is 2.29. The van der Waals surface area contributed by atoms with Crippen LogP contribution in [-0.2, 0) is 9.53 Å². The lowest BCUT2D eigenvalue weighted by molar-refractivity contribution is -0.144. The first-order valence-corrected chi connectivity index (χ1v) is 6.79. The lowest BCUT2D eigenvalue weighted by Gasteiger charge is -2.35. The normalized spacial score (nSPS) is 31.3. The molecule has 0 radical (unpaired) electrons. The number of hydrogen-bond acceptors (Lipinski definition) is 3. The highest BCUT2D eigenvalue weighted by molar-refractivity contribution is 5.75. The molecule has 0 spiro atoms. The van der Waals surface area contributed by atoms with Crippen LogP contribution in [0.15, 0.2) is 0 Å². The predicted octanol–water partition coefficient (Wildman–Crippen LogP) is 2.60. The molecule has 17 heavy (non-hydrogen) atoms. The zero-order valence-corrected chi connectivity index (χ0v) is 11.8. The van der Waals surface area contributed by atoms with Crippen LogP contribution in [-0.4, -0.2) is 25.2 Å². The first kappa shape index (κ1) is 14.5. The van der Waals surface area contributed by atoms with Crippen molar-refractivity contribution in [3.8, 4) is 0 Å². The van der Waals surface area contributed by atoms with Gasteiger partial charge in [-0.2, -0.15) is 0 Å². The Hall–Kier alpha value is -0.570. The molecule has 3 nitrogen and oxygen atoms in total. The van der Waals surface area contributed by atoms with Gasteiger partial charge in [-0.3, -0.25) is 4.79 Å². The Morgan fingerprint density at radius 1 is 1.24 bits per heavy atom. The van der Waals surface area contributed by atoms with E-state index in [1.54, 1.807) is 0 Å². The topological polar surface area (TPSA) is 38.3 Å². The van der Waals surface area contributed by atoms with Gasteiger partial charge in [-0.05, 0) is 37.0 Å². The molecule has 100 valence electrons. The highest BCUT2D eigenvalue weighted by atomic mass is 16.5. The van der Waals surface area contributed by atoms with Gasteiger partial charge in [0.25, 0.3) is 0 Å². The molecule has 0 heterocycles. The third-order valence-electron chi connectivity index (χ3n) is 4.14. The number of carbonyl (C=O) groups excluding carboxylic acids is 1. The van der Waals surface area contributed by atoms with E-state index in [4.69, 9.17) is 4.74 Å². The van der Waals surface area contributed by atoms with E-state index in [-0.39, 0.29) is 17.9 Å². The maximum Gasteiger partial charge on any atom is 0.323 e. The third kappa shape index (κ3) is 3.98. The van der Waals surface area contributed by atoms with Gasteiger partial charge in [0.15, 0.2) is 0 Å². The monoisotopic (exact) mass is 241 g/mol. The minimum Gasteiger partial charge on any atom is -0.468 e. The van der Waals surface area contributed by atoms with Crippen LogP contribution < -0.4 is 5.32 Å². The third-order valence-corrected chi connectivity index (χ3v) is 4.14. The summed E-state index contributed by atoms with van der Waals surface area (Å²) in [5.74, 6) is 1.69. The van der Waals surface area contributed by atoms with Crippen molar-refractivity contribution >= 4 is 5.97 Å². The summed E-state index contributed by atoms with van der Waals surface area (Å²) in [4.78, 5) is 11.7. The van der Waals surface area contributed by atoms with Crippen molar-refractivity contribution in [3.05, 3.63) is 0 Å². The zero-order chi connectivity index (χ0) is 13.0. The highest BCUT2D eigenvalue weighted by Gasteiger charge is 2.30. The van der Waals surface area contributed by atoms with Crippen molar-refractivity contribution < 1.29 is 9.53 Å². The fraction of sp³-hybridized carbons (Fsp3) is 0.929. The molecule has 1 N–H and O–H groups in total. The largest absolute Gasteiger partial charge is 0.468 e. The number of ether oxygens (including phenoxy) is 1. The van der Waals surface area contributed by atoms with Gasteiger partial charge in [-0.25, -0.2) is 0 Å². The molecule has 0 aromatic heterocycles. The summed E-state index contributed by atoms with van der Waals surface area (Å²) in [5, 5.41) is 3.48. The van der Waals surface area contributed by atoms with Gasteiger partial charge >= 0.3 is 5.97 Å². The summed E-state index contributed by atoms with van der Waals surface area (Å²) in [6.45, 7) is 8.75. The maximum absolute atomic E-state index is 11.7. The number of hydrogen-bond donors (Lipinski definition) is 1. The Morgan fingerprint density at radius 3 is 2.35 bits per heavy atom. The smallest absolute Gasteiger partial charge is 0.323 e. The molecular formula is C14H27NO2. The number of nitrogens with one attached hydrogen (secondary N) is 1. The molecule has 1 rings (SSSR count). The molecule has 3 heteroatoms. The van der Waals surface area contributed by atoms with Gasteiger partial charge in [-0.1, -0.05) is 27.7 Å². The lowest BCUT2D eigenvalue weighted by atomic mass is 9.78. The Bertz CT molecular complexity index is 253. The lowest BCUT2D eigenvalue weighted by Crippen LogP contribution is -2.49. The molecule has 0 amide bonds. The minimum atomic E-state index is -0.161. The van der Waals surface area contributed by atoms with Gasteiger partial charge in [0.2, 0.25) is 0 Å². The van der Waals surface area contributed by atoms with Crippen LogP contribution in [0.5, 0.6) is 0 Å². The summed E-state index contributed by atoms with van der Waals surface area (Å²) >= 11 is 0.